The summed E-state index contributed by atoms with van der Waals surface area (Å²) >= 11 is 0. The Morgan fingerprint density at radius 2 is 1.95 bits per heavy atom. The molecule has 22 heavy (non-hydrogen) atoms. The van der Waals surface area contributed by atoms with Crippen molar-refractivity contribution in [3.8, 4) is 11.5 Å². The van der Waals surface area contributed by atoms with Gasteiger partial charge in [-0.15, -0.1) is 0 Å². The predicted molar refractivity (Wildman–Crippen MR) is 69.4 cm³/mol. The van der Waals surface area contributed by atoms with Gasteiger partial charge in [0, 0.05) is 12.6 Å². The van der Waals surface area contributed by atoms with E-state index in [0.717, 1.165) is 6.21 Å². The molecule has 0 fully saturated rings. The lowest BCUT2D eigenvalue weighted by atomic mass is 10.1. The van der Waals surface area contributed by atoms with Crippen molar-refractivity contribution in [1.82, 2.24) is 5.01 Å². The molecule has 1 atom stereocenters. The van der Waals surface area contributed by atoms with E-state index in [1.54, 1.807) is 12.1 Å². The van der Waals surface area contributed by atoms with E-state index in [1.165, 1.54) is 19.2 Å². The molecule has 6 nitrogen and oxygen atoms in total. The van der Waals surface area contributed by atoms with Crippen LogP contribution in [-0.4, -0.2) is 47.9 Å². The molecule has 0 bridgehead atoms. The third kappa shape index (κ3) is 2.98. The molecule has 9 heteroatoms. The molecule has 1 aromatic rings. The van der Waals surface area contributed by atoms with Gasteiger partial charge in [0.1, 0.15) is 11.5 Å². The predicted octanol–water partition coefficient (Wildman–Crippen LogP) is 1.54. The highest BCUT2D eigenvalue weighted by Gasteiger charge is 2.61. The lowest BCUT2D eigenvalue weighted by Gasteiger charge is -2.32. The first-order chi connectivity index (χ1) is 10.3. The number of rotatable bonds is 4. The van der Waals surface area contributed by atoms with Crippen LogP contribution in [0.1, 0.15) is 6.42 Å². The number of methoxy groups -OCH3 is 1. The van der Waals surface area contributed by atoms with E-state index in [1.807, 2.05) is 0 Å². The number of hydrogen-bond acceptors (Lipinski definition) is 5. The summed E-state index contributed by atoms with van der Waals surface area (Å²) < 4.78 is 48.5. The molecule has 1 aliphatic heterocycles. The molecule has 0 unspecified atom stereocenters. The van der Waals surface area contributed by atoms with Crippen LogP contribution in [0.2, 0.25) is 0 Å². The highest BCUT2D eigenvalue weighted by Crippen LogP contribution is 2.38. The number of benzene rings is 1. The minimum absolute atomic E-state index is 0.00345. The Labute approximate surface area is 123 Å². The molecule has 0 radical (unpaired) electrons. The number of nitrogens with zero attached hydrogens (tertiary/aromatic N) is 2. The Morgan fingerprint density at radius 1 is 1.36 bits per heavy atom. The van der Waals surface area contributed by atoms with Gasteiger partial charge in [0.25, 0.3) is 11.6 Å². The van der Waals surface area contributed by atoms with E-state index >= 15 is 0 Å². The van der Waals surface area contributed by atoms with Crippen LogP contribution in [-0.2, 0) is 4.79 Å². The van der Waals surface area contributed by atoms with Crippen LogP contribution < -0.4 is 9.47 Å². The molecule has 2 rings (SSSR count). The van der Waals surface area contributed by atoms with Gasteiger partial charge in [0.05, 0.1) is 7.11 Å². The molecule has 0 aromatic heterocycles. The van der Waals surface area contributed by atoms with Crippen molar-refractivity contribution in [3.05, 3.63) is 24.3 Å². The summed E-state index contributed by atoms with van der Waals surface area (Å²) in [4.78, 5) is 11.8. The molecule has 1 N–H and O–H groups in total. The number of ether oxygens (including phenoxy) is 2. The lowest BCUT2D eigenvalue weighted by Crippen LogP contribution is -2.57. The average Bonchev–Trinajstić information content (AvgIpc) is 2.88. The van der Waals surface area contributed by atoms with Crippen LogP contribution in [0.3, 0.4) is 0 Å². The normalized spacial score (nSPS) is 21.0. The molecule has 0 spiro atoms. The van der Waals surface area contributed by atoms with E-state index in [2.05, 4.69) is 5.10 Å². The number of hydrogen-bond donors (Lipinski definition) is 1. The molecule has 1 aliphatic rings. The van der Waals surface area contributed by atoms with Crippen LogP contribution >= 0.6 is 0 Å². The second-order valence-electron chi connectivity index (χ2n) is 4.49. The molecule has 1 amide bonds. The maximum atomic E-state index is 12.8. The van der Waals surface area contributed by atoms with Crippen LogP contribution in [0, 0.1) is 0 Å². The number of aliphatic hydroxyl groups is 1. The Hall–Kier alpha value is -2.29. The van der Waals surface area contributed by atoms with Crippen molar-refractivity contribution in [1.29, 1.82) is 0 Å². The molecular weight excluding hydrogens is 305 g/mol. The summed E-state index contributed by atoms with van der Waals surface area (Å²) in [7, 11) is 1.47. The highest BCUT2D eigenvalue weighted by molar-refractivity contribution is 5.81. The van der Waals surface area contributed by atoms with E-state index in [-0.39, 0.29) is 10.8 Å². The first kappa shape index (κ1) is 16.1. The fourth-order valence-corrected chi connectivity index (χ4v) is 1.82. The van der Waals surface area contributed by atoms with E-state index in [0.29, 0.717) is 5.75 Å². The van der Waals surface area contributed by atoms with Gasteiger partial charge in [0.2, 0.25) is 0 Å². The van der Waals surface area contributed by atoms with Crippen molar-refractivity contribution in [3.63, 3.8) is 0 Å². The SMILES string of the molecule is COc1ccc(OCC(=O)N2N=CC[C@@]2(O)C(F)(F)F)cc1. The maximum absolute atomic E-state index is 12.8. The van der Waals surface area contributed by atoms with Gasteiger partial charge in [0.15, 0.2) is 6.61 Å². The van der Waals surface area contributed by atoms with Crippen molar-refractivity contribution < 1.29 is 32.5 Å². The Bertz CT molecular complexity index is 574. The average molecular weight is 318 g/mol. The minimum Gasteiger partial charge on any atom is -0.497 e. The number of hydrazone groups is 1. The summed E-state index contributed by atoms with van der Waals surface area (Å²) in [5.74, 6) is -0.272. The zero-order chi connectivity index (χ0) is 16.4. The third-order valence-corrected chi connectivity index (χ3v) is 3.04. The van der Waals surface area contributed by atoms with Crippen molar-refractivity contribution in [2.75, 3.05) is 13.7 Å². The van der Waals surface area contributed by atoms with Crippen molar-refractivity contribution >= 4 is 12.1 Å². The second-order valence-corrected chi connectivity index (χ2v) is 4.49. The molecule has 0 aliphatic carbocycles. The van der Waals surface area contributed by atoms with Crippen LogP contribution in [0.4, 0.5) is 13.2 Å². The molecule has 1 aromatic carbocycles. The number of amides is 1. The summed E-state index contributed by atoms with van der Waals surface area (Å²) in [6, 6.07) is 6.13. The number of carbonyl (C=O) groups excluding carboxylic acids is 1. The van der Waals surface area contributed by atoms with E-state index in [4.69, 9.17) is 9.47 Å². The largest absolute Gasteiger partial charge is 0.497 e. The van der Waals surface area contributed by atoms with Gasteiger partial charge < -0.3 is 14.6 Å². The topological polar surface area (TPSA) is 71.4 Å². The maximum Gasteiger partial charge on any atom is 0.438 e. The lowest BCUT2D eigenvalue weighted by molar-refractivity contribution is -0.302. The number of alkyl halides is 3. The van der Waals surface area contributed by atoms with Crippen molar-refractivity contribution in [2.24, 2.45) is 5.10 Å². The monoisotopic (exact) mass is 318 g/mol. The van der Waals surface area contributed by atoms with E-state index in [9.17, 15) is 23.1 Å². The molecule has 120 valence electrons. The minimum atomic E-state index is -5.01. The second kappa shape index (κ2) is 5.84. The van der Waals surface area contributed by atoms with Gasteiger partial charge in [-0.25, -0.2) is 0 Å². The van der Waals surface area contributed by atoms with Gasteiger partial charge in [-0.05, 0) is 24.3 Å². The Kier molecular flexibility index (Phi) is 4.27. The fourth-order valence-electron chi connectivity index (χ4n) is 1.82. The van der Waals surface area contributed by atoms with E-state index < -0.39 is 30.8 Å². The Morgan fingerprint density at radius 3 is 2.50 bits per heavy atom. The summed E-state index contributed by atoms with van der Waals surface area (Å²) in [6.07, 6.45) is -5.00. The zero-order valence-corrected chi connectivity index (χ0v) is 11.5. The zero-order valence-electron chi connectivity index (χ0n) is 11.5. The smallest absolute Gasteiger partial charge is 0.438 e. The first-order valence-electron chi connectivity index (χ1n) is 6.19. The standard InChI is InChI=1S/C13H13F3N2O4/c1-21-9-2-4-10(5-3-9)22-8-11(19)18-12(20,6-7-17-18)13(14,15)16/h2-5,7,20H,6,8H2,1H3/t12-/m1/s1. The quantitative estimate of drug-likeness (QED) is 0.914. The van der Waals surface area contributed by atoms with Gasteiger partial charge in [-0.3, -0.25) is 4.79 Å². The van der Waals surface area contributed by atoms with Crippen LogP contribution in [0.15, 0.2) is 29.4 Å². The first-order valence-corrected chi connectivity index (χ1v) is 6.19. The summed E-state index contributed by atoms with van der Waals surface area (Å²) in [5.41, 5.74) is -3.33. The van der Waals surface area contributed by atoms with Crippen LogP contribution in [0.25, 0.3) is 0 Å². The van der Waals surface area contributed by atoms with Crippen LogP contribution in [0.5, 0.6) is 11.5 Å². The molecule has 0 saturated heterocycles. The fraction of sp³-hybridized carbons (Fsp3) is 0.385. The number of halogens is 3. The van der Waals surface area contributed by atoms with Gasteiger partial charge in [-0.1, -0.05) is 0 Å². The third-order valence-electron chi connectivity index (χ3n) is 3.04. The highest BCUT2D eigenvalue weighted by atomic mass is 19.4. The van der Waals surface area contributed by atoms with Gasteiger partial charge >= 0.3 is 6.18 Å². The van der Waals surface area contributed by atoms with Gasteiger partial charge in [-0.2, -0.15) is 23.3 Å². The van der Waals surface area contributed by atoms with Crippen molar-refractivity contribution in [2.45, 2.75) is 18.3 Å². The summed E-state index contributed by atoms with van der Waals surface area (Å²) in [5, 5.41) is 12.9. The molecular formula is C13H13F3N2O4. The molecule has 0 saturated carbocycles. The summed E-state index contributed by atoms with van der Waals surface area (Å²) in [6.45, 7) is -0.692. The molecule has 1 heterocycles. The number of carbonyl (C=O) groups is 1. The Balaban J connectivity index is 2.01.